The summed E-state index contributed by atoms with van der Waals surface area (Å²) in [7, 11) is 0. The third-order valence-electron chi connectivity index (χ3n) is 6.63. The van der Waals surface area contributed by atoms with Crippen LogP contribution in [-0.2, 0) is 19.9 Å². The molecule has 0 aliphatic carbocycles. The van der Waals surface area contributed by atoms with Crippen molar-refractivity contribution in [1.82, 2.24) is 15.1 Å². The summed E-state index contributed by atoms with van der Waals surface area (Å²) < 4.78 is 25.3. The van der Waals surface area contributed by atoms with E-state index in [-0.39, 0.29) is 24.4 Å². The summed E-state index contributed by atoms with van der Waals surface area (Å²) in [6.07, 6.45) is 3.38. The molecule has 1 aromatic rings. The van der Waals surface area contributed by atoms with Crippen LogP contribution in [0.3, 0.4) is 0 Å². The van der Waals surface area contributed by atoms with Gasteiger partial charge in [-0.15, -0.1) is 0 Å². The van der Waals surface area contributed by atoms with E-state index in [1.165, 1.54) is 30.0 Å². The SMILES string of the molecule is CC(=O)OC1CCN(CCCCN2C(=O)NC3(CC(C)(C)Oc4ccc(F)cc43)C2=O)CC1. The first kappa shape index (κ1) is 23.5. The predicted octanol–water partition coefficient (Wildman–Crippen LogP) is 2.94. The van der Waals surface area contributed by atoms with Gasteiger partial charge in [-0.25, -0.2) is 9.18 Å². The monoisotopic (exact) mass is 461 g/mol. The number of nitrogens with one attached hydrogen (secondary N) is 1. The van der Waals surface area contributed by atoms with E-state index in [1.807, 2.05) is 13.8 Å². The molecule has 1 atom stereocenters. The number of rotatable bonds is 6. The van der Waals surface area contributed by atoms with Crippen molar-refractivity contribution < 1.29 is 28.2 Å². The number of hydrogen-bond acceptors (Lipinski definition) is 6. The van der Waals surface area contributed by atoms with Gasteiger partial charge in [-0.3, -0.25) is 14.5 Å². The van der Waals surface area contributed by atoms with Gasteiger partial charge in [0.1, 0.15) is 23.3 Å². The number of unbranched alkanes of at least 4 members (excludes halogenated alkanes) is 1. The molecule has 0 aromatic heterocycles. The number of piperidine rings is 1. The molecule has 3 amide bonds. The molecular formula is C24H32FN3O5. The molecule has 0 bridgehead atoms. The second-order valence-corrected chi connectivity index (χ2v) is 9.83. The summed E-state index contributed by atoms with van der Waals surface area (Å²) in [4.78, 5) is 40.9. The van der Waals surface area contributed by atoms with Gasteiger partial charge in [0.25, 0.3) is 5.91 Å². The maximum atomic E-state index is 14.0. The number of urea groups is 1. The molecule has 2 fully saturated rings. The third kappa shape index (κ3) is 4.83. The van der Waals surface area contributed by atoms with E-state index in [1.54, 1.807) is 0 Å². The van der Waals surface area contributed by atoms with Crippen LogP contribution in [0.25, 0.3) is 0 Å². The number of ether oxygens (including phenoxy) is 2. The molecule has 1 unspecified atom stereocenters. The topological polar surface area (TPSA) is 88.2 Å². The van der Waals surface area contributed by atoms with Crippen molar-refractivity contribution in [1.29, 1.82) is 0 Å². The molecule has 1 aromatic carbocycles. The first-order chi connectivity index (χ1) is 15.6. The normalized spacial score (nSPS) is 25.0. The molecule has 9 heteroatoms. The summed E-state index contributed by atoms with van der Waals surface area (Å²) in [5.41, 5.74) is -1.63. The quantitative estimate of drug-likeness (QED) is 0.398. The smallest absolute Gasteiger partial charge is 0.325 e. The lowest BCUT2D eigenvalue weighted by Gasteiger charge is -2.42. The standard InChI is InChI=1S/C24H32FN3O5/c1-16(29)32-18-8-12-27(13-9-18)10-4-5-11-28-21(30)24(26-22(28)31)15-23(2,3)33-20-7-6-17(25)14-19(20)24/h6-7,14,18H,4-5,8-13,15H2,1-3H3,(H,26,31). The van der Waals surface area contributed by atoms with Gasteiger partial charge in [0.2, 0.25) is 0 Å². The molecule has 0 radical (unpaired) electrons. The fourth-order valence-corrected chi connectivity index (χ4v) is 5.21. The Morgan fingerprint density at radius 2 is 1.91 bits per heavy atom. The van der Waals surface area contributed by atoms with Crippen molar-refractivity contribution in [3.05, 3.63) is 29.6 Å². The molecule has 180 valence electrons. The summed E-state index contributed by atoms with van der Waals surface area (Å²) in [5, 5.41) is 2.86. The van der Waals surface area contributed by atoms with E-state index in [9.17, 15) is 18.8 Å². The van der Waals surface area contributed by atoms with Gasteiger partial charge < -0.3 is 19.7 Å². The Kier molecular flexibility index (Phi) is 6.35. The number of nitrogens with zero attached hydrogens (tertiary/aromatic N) is 2. The summed E-state index contributed by atoms with van der Waals surface area (Å²) in [5.74, 6) is -0.648. The highest BCUT2D eigenvalue weighted by Crippen LogP contribution is 2.46. The molecule has 3 aliphatic rings. The van der Waals surface area contributed by atoms with Crippen LogP contribution in [0.1, 0.15) is 58.4 Å². The minimum absolute atomic E-state index is 0.00250. The molecule has 4 rings (SSSR count). The summed E-state index contributed by atoms with van der Waals surface area (Å²) >= 11 is 0. The van der Waals surface area contributed by atoms with Crippen LogP contribution in [0.4, 0.5) is 9.18 Å². The molecule has 0 saturated carbocycles. The first-order valence-electron chi connectivity index (χ1n) is 11.6. The number of benzene rings is 1. The Bertz CT molecular complexity index is 944. The van der Waals surface area contributed by atoms with Crippen LogP contribution in [0, 0.1) is 5.82 Å². The highest BCUT2D eigenvalue weighted by molar-refractivity contribution is 6.08. The average molecular weight is 462 g/mol. The van der Waals surface area contributed by atoms with Crippen LogP contribution in [0.2, 0.25) is 0 Å². The maximum absolute atomic E-state index is 14.0. The largest absolute Gasteiger partial charge is 0.487 e. The average Bonchev–Trinajstić information content (AvgIpc) is 2.96. The van der Waals surface area contributed by atoms with Gasteiger partial charge in [-0.2, -0.15) is 0 Å². The van der Waals surface area contributed by atoms with Crippen LogP contribution in [0.15, 0.2) is 18.2 Å². The van der Waals surface area contributed by atoms with E-state index in [2.05, 4.69) is 10.2 Å². The van der Waals surface area contributed by atoms with Gasteiger partial charge in [-0.05, 0) is 64.3 Å². The number of halogens is 1. The molecule has 3 heterocycles. The maximum Gasteiger partial charge on any atom is 0.325 e. The molecular weight excluding hydrogens is 429 g/mol. The Morgan fingerprint density at radius 1 is 1.21 bits per heavy atom. The first-order valence-corrected chi connectivity index (χ1v) is 11.6. The zero-order valence-corrected chi connectivity index (χ0v) is 19.5. The van der Waals surface area contributed by atoms with E-state index in [4.69, 9.17) is 9.47 Å². The molecule has 1 spiro atoms. The number of hydrogen-bond donors (Lipinski definition) is 1. The van der Waals surface area contributed by atoms with E-state index >= 15 is 0 Å². The molecule has 8 nitrogen and oxygen atoms in total. The Balaban J connectivity index is 1.35. The number of likely N-dealkylation sites (tertiary alicyclic amines) is 1. The molecule has 2 saturated heterocycles. The molecule has 1 N–H and O–H groups in total. The van der Waals surface area contributed by atoms with Crippen LogP contribution in [0.5, 0.6) is 5.75 Å². The second-order valence-electron chi connectivity index (χ2n) is 9.83. The number of carbonyl (C=O) groups excluding carboxylic acids is 3. The lowest BCUT2D eigenvalue weighted by molar-refractivity contribution is -0.148. The van der Waals surface area contributed by atoms with Crippen LogP contribution < -0.4 is 10.1 Å². The number of amides is 3. The number of fused-ring (bicyclic) bond motifs is 2. The van der Waals surface area contributed by atoms with Gasteiger partial charge in [0, 0.05) is 38.5 Å². The van der Waals surface area contributed by atoms with E-state index in [0.29, 0.717) is 24.3 Å². The fourth-order valence-electron chi connectivity index (χ4n) is 5.21. The minimum Gasteiger partial charge on any atom is -0.487 e. The highest BCUT2D eigenvalue weighted by Gasteiger charge is 2.58. The van der Waals surface area contributed by atoms with Crippen molar-refractivity contribution >= 4 is 17.9 Å². The lowest BCUT2D eigenvalue weighted by Crippen LogP contribution is -2.53. The van der Waals surface area contributed by atoms with Crippen LogP contribution >= 0.6 is 0 Å². The highest BCUT2D eigenvalue weighted by atomic mass is 19.1. The van der Waals surface area contributed by atoms with Crippen LogP contribution in [-0.4, -0.2) is 65.6 Å². The van der Waals surface area contributed by atoms with Gasteiger partial charge >= 0.3 is 12.0 Å². The zero-order valence-electron chi connectivity index (χ0n) is 19.5. The lowest BCUT2D eigenvalue weighted by atomic mass is 9.77. The predicted molar refractivity (Wildman–Crippen MR) is 118 cm³/mol. The Morgan fingerprint density at radius 3 is 2.61 bits per heavy atom. The van der Waals surface area contributed by atoms with Gasteiger partial charge in [0.05, 0.1) is 0 Å². The van der Waals surface area contributed by atoms with Crippen molar-refractivity contribution in [3.63, 3.8) is 0 Å². The Labute approximate surface area is 193 Å². The number of carbonyl (C=O) groups is 3. The Hall–Kier alpha value is -2.68. The number of esters is 1. The van der Waals surface area contributed by atoms with Crippen molar-refractivity contribution in [2.45, 2.75) is 70.1 Å². The second kappa shape index (κ2) is 8.93. The summed E-state index contributed by atoms with van der Waals surface area (Å²) in [6, 6.07) is 3.64. The van der Waals surface area contributed by atoms with Gasteiger partial charge in [0.15, 0.2) is 5.54 Å². The van der Waals surface area contributed by atoms with Crippen molar-refractivity contribution in [2.24, 2.45) is 0 Å². The minimum atomic E-state index is -1.31. The van der Waals surface area contributed by atoms with Gasteiger partial charge in [-0.1, -0.05) is 0 Å². The van der Waals surface area contributed by atoms with Crippen molar-refractivity contribution in [2.75, 3.05) is 26.2 Å². The fraction of sp³-hybridized carbons (Fsp3) is 0.625. The molecule has 3 aliphatic heterocycles. The third-order valence-corrected chi connectivity index (χ3v) is 6.63. The molecule has 33 heavy (non-hydrogen) atoms. The zero-order chi connectivity index (χ0) is 23.8. The van der Waals surface area contributed by atoms with Crippen molar-refractivity contribution in [3.8, 4) is 5.75 Å². The summed E-state index contributed by atoms with van der Waals surface area (Å²) in [6.45, 7) is 8.03. The van der Waals surface area contributed by atoms with E-state index < -0.39 is 23.0 Å². The number of imide groups is 1. The van der Waals surface area contributed by atoms with E-state index in [0.717, 1.165) is 38.9 Å².